The lowest BCUT2D eigenvalue weighted by molar-refractivity contribution is 0.132. The van der Waals surface area contributed by atoms with Gasteiger partial charge in [-0.25, -0.2) is 15.0 Å². The van der Waals surface area contributed by atoms with Gasteiger partial charge in [-0.15, -0.1) is 0 Å². The van der Waals surface area contributed by atoms with Crippen LogP contribution < -0.4 is 5.32 Å². The number of likely N-dealkylation sites (tertiary alicyclic amines) is 1. The Bertz CT molecular complexity index is 868. The molecule has 1 unspecified atom stereocenters. The van der Waals surface area contributed by atoms with Gasteiger partial charge in [0.1, 0.15) is 17.5 Å². The molecule has 0 aromatic carbocycles. The molecule has 0 aliphatic carbocycles. The average Bonchev–Trinajstić information content (AvgIpc) is 2.69. The summed E-state index contributed by atoms with van der Waals surface area (Å²) in [4.78, 5) is 20.8. The van der Waals surface area contributed by atoms with Gasteiger partial charge >= 0.3 is 0 Å². The van der Waals surface area contributed by atoms with Crippen molar-refractivity contribution >= 4 is 11.6 Å². The molecule has 1 aliphatic heterocycles. The Morgan fingerprint density at radius 3 is 2.63 bits per heavy atom. The molecule has 27 heavy (non-hydrogen) atoms. The SMILES string of the molecule is Cc1cc(Nc2ccccn2)nc(C2CCCCN2Cc2ccccn2)n1. The fraction of sp³-hybridized carbons (Fsp3) is 0.333. The standard InChI is InChI=1S/C21H24N6/c1-16-14-20(25-19-10-3-6-12-23-19)26-21(24-16)18-9-4-7-13-27(18)15-17-8-2-5-11-22-17/h2-3,5-6,8,10-12,14,18H,4,7,9,13,15H2,1H3,(H,23,24,25,26). The van der Waals surface area contributed by atoms with Gasteiger partial charge in [0.25, 0.3) is 0 Å². The summed E-state index contributed by atoms with van der Waals surface area (Å²) in [6.07, 6.45) is 7.09. The maximum Gasteiger partial charge on any atom is 0.148 e. The van der Waals surface area contributed by atoms with Gasteiger partial charge in [-0.3, -0.25) is 9.88 Å². The first-order valence-electron chi connectivity index (χ1n) is 9.45. The maximum absolute atomic E-state index is 4.82. The number of anilines is 2. The Labute approximate surface area is 159 Å². The van der Waals surface area contributed by atoms with Crippen molar-refractivity contribution in [2.24, 2.45) is 0 Å². The van der Waals surface area contributed by atoms with Gasteiger partial charge in [-0.05, 0) is 50.6 Å². The van der Waals surface area contributed by atoms with Crippen molar-refractivity contribution in [3.8, 4) is 0 Å². The third kappa shape index (κ3) is 4.46. The van der Waals surface area contributed by atoms with E-state index >= 15 is 0 Å². The van der Waals surface area contributed by atoms with E-state index in [2.05, 4.69) is 26.3 Å². The van der Waals surface area contributed by atoms with E-state index in [1.807, 2.05) is 49.5 Å². The molecule has 3 aromatic heterocycles. The van der Waals surface area contributed by atoms with Gasteiger partial charge in [-0.2, -0.15) is 0 Å². The summed E-state index contributed by atoms with van der Waals surface area (Å²) >= 11 is 0. The molecule has 138 valence electrons. The number of hydrogen-bond acceptors (Lipinski definition) is 6. The van der Waals surface area contributed by atoms with Crippen molar-refractivity contribution in [1.82, 2.24) is 24.8 Å². The number of nitrogens with zero attached hydrogens (tertiary/aromatic N) is 5. The lowest BCUT2D eigenvalue weighted by Gasteiger charge is -2.34. The average molecular weight is 360 g/mol. The van der Waals surface area contributed by atoms with Gasteiger partial charge in [0.15, 0.2) is 0 Å². The Hall–Kier alpha value is -2.86. The van der Waals surface area contributed by atoms with Crippen molar-refractivity contribution in [1.29, 1.82) is 0 Å². The molecular weight excluding hydrogens is 336 g/mol. The number of piperidine rings is 1. The number of aromatic nitrogens is 4. The molecule has 1 fully saturated rings. The number of rotatable bonds is 5. The Kier molecular flexibility index (Phi) is 5.34. The monoisotopic (exact) mass is 360 g/mol. The van der Waals surface area contributed by atoms with Crippen LogP contribution >= 0.6 is 0 Å². The van der Waals surface area contributed by atoms with E-state index in [0.717, 1.165) is 48.4 Å². The van der Waals surface area contributed by atoms with Crippen molar-refractivity contribution in [3.63, 3.8) is 0 Å². The quantitative estimate of drug-likeness (QED) is 0.740. The summed E-state index contributed by atoms with van der Waals surface area (Å²) in [5.41, 5.74) is 2.05. The summed E-state index contributed by atoms with van der Waals surface area (Å²) in [7, 11) is 0. The predicted octanol–water partition coefficient (Wildman–Crippen LogP) is 4.05. The van der Waals surface area contributed by atoms with Crippen LogP contribution in [0.3, 0.4) is 0 Å². The zero-order valence-electron chi connectivity index (χ0n) is 15.5. The molecule has 4 rings (SSSR count). The van der Waals surface area contributed by atoms with Crippen LogP contribution in [0.2, 0.25) is 0 Å². The van der Waals surface area contributed by atoms with E-state index in [1.54, 1.807) is 6.20 Å². The van der Waals surface area contributed by atoms with E-state index in [4.69, 9.17) is 9.97 Å². The van der Waals surface area contributed by atoms with E-state index in [-0.39, 0.29) is 6.04 Å². The normalized spacial score (nSPS) is 17.6. The van der Waals surface area contributed by atoms with Crippen LogP contribution in [0.25, 0.3) is 0 Å². The second kappa shape index (κ2) is 8.22. The van der Waals surface area contributed by atoms with Crippen molar-refractivity contribution in [2.75, 3.05) is 11.9 Å². The molecule has 6 nitrogen and oxygen atoms in total. The Morgan fingerprint density at radius 2 is 1.85 bits per heavy atom. The van der Waals surface area contributed by atoms with Crippen molar-refractivity contribution in [2.45, 2.75) is 38.8 Å². The molecule has 1 atom stereocenters. The largest absolute Gasteiger partial charge is 0.325 e. The molecule has 0 amide bonds. The van der Waals surface area contributed by atoms with Crippen LogP contribution in [0.5, 0.6) is 0 Å². The summed E-state index contributed by atoms with van der Waals surface area (Å²) in [6.45, 7) is 3.88. The zero-order valence-corrected chi connectivity index (χ0v) is 15.5. The second-order valence-corrected chi connectivity index (χ2v) is 6.90. The highest BCUT2D eigenvalue weighted by molar-refractivity contribution is 5.51. The molecule has 6 heteroatoms. The molecule has 0 spiro atoms. The molecule has 1 N–H and O–H groups in total. The number of aryl methyl sites for hydroxylation is 1. The van der Waals surface area contributed by atoms with Crippen LogP contribution in [0.1, 0.15) is 42.5 Å². The van der Waals surface area contributed by atoms with E-state index < -0.39 is 0 Å². The van der Waals surface area contributed by atoms with Gasteiger partial charge in [0.2, 0.25) is 0 Å². The van der Waals surface area contributed by atoms with Crippen LogP contribution in [0, 0.1) is 6.92 Å². The summed E-state index contributed by atoms with van der Waals surface area (Å²) in [5.74, 6) is 2.46. The topological polar surface area (TPSA) is 66.8 Å². The molecule has 0 radical (unpaired) electrons. The smallest absolute Gasteiger partial charge is 0.148 e. The fourth-order valence-corrected chi connectivity index (χ4v) is 3.54. The van der Waals surface area contributed by atoms with Crippen LogP contribution in [-0.2, 0) is 6.54 Å². The van der Waals surface area contributed by atoms with Crippen LogP contribution in [-0.4, -0.2) is 31.4 Å². The molecule has 0 saturated carbocycles. The fourth-order valence-electron chi connectivity index (χ4n) is 3.54. The lowest BCUT2D eigenvalue weighted by Crippen LogP contribution is -2.34. The summed E-state index contributed by atoms with van der Waals surface area (Å²) < 4.78 is 0. The van der Waals surface area contributed by atoms with Gasteiger partial charge < -0.3 is 5.32 Å². The van der Waals surface area contributed by atoms with E-state index in [0.29, 0.717) is 0 Å². The van der Waals surface area contributed by atoms with Gasteiger partial charge in [0, 0.05) is 30.7 Å². The van der Waals surface area contributed by atoms with Crippen LogP contribution in [0.15, 0.2) is 54.9 Å². The molecule has 0 bridgehead atoms. The Morgan fingerprint density at radius 1 is 1.00 bits per heavy atom. The molecule has 1 saturated heterocycles. The summed E-state index contributed by atoms with van der Waals surface area (Å²) in [5, 5.41) is 3.30. The zero-order chi connectivity index (χ0) is 18.5. The first-order chi connectivity index (χ1) is 13.3. The first-order valence-corrected chi connectivity index (χ1v) is 9.45. The minimum Gasteiger partial charge on any atom is -0.325 e. The predicted molar refractivity (Wildman–Crippen MR) is 106 cm³/mol. The van der Waals surface area contributed by atoms with E-state index in [1.165, 1.54) is 12.8 Å². The molecular formula is C21H24N6. The third-order valence-corrected chi connectivity index (χ3v) is 4.80. The minimum atomic E-state index is 0.213. The van der Waals surface area contributed by atoms with Crippen molar-refractivity contribution in [3.05, 3.63) is 72.1 Å². The first kappa shape index (κ1) is 17.5. The van der Waals surface area contributed by atoms with Gasteiger partial charge in [0.05, 0.1) is 11.7 Å². The highest BCUT2D eigenvalue weighted by Gasteiger charge is 2.27. The highest BCUT2D eigenvalue weighted by atomic mass is 15.2. The highest BCUT2D eigenvalue weighted by Crippen LogP contribution is 2.31. The van der Waals surface area contributed by atoms with E-state index in [9.17, 15) is 0 Å². The minimum absolute atomic E-state index is 0.213. The summed E-state index contributed by atoms with van der Waals surface area (Å²) in [6, 6.07) is 14.0. The second-order valence-electron chi connectivity index (χ2n) is 6.90. The molecule has 4 heterocycles. The maximum atomic E-state index is 4.82. The van der Waals surface area contributed by atoms with Crippen molar-refractivity contribution < 1.29 is 0 Å². The third-order valence-electron chi connectivity index (χ3n) is 4.80. The Balaban J connectivity index is 1.58. The number of pyridine rings is 2. The number of hydrogen-bond donors (Lipinski definition) is 1. The number of nitrogens with one attached hydrogen (secondary N) is 1. The molecule has 1 aliphatic rings. The van der Waals surface area contributed by atoms with Crippen LogP contribution in [0.4, 0.5) is 11.6 Å². The lowest BCUT2D eigenvalue weighted by atomic mass is 10.0. The van der Waals surface area contributed by atoms with Gasteiger partial charge in [-0.1, -0.05) is 18.6 Å². The molecule has 3 aromatic rings.